The van der Waals surface area contributed by atoms with Crippen molar-refractivity contribution >= 4 is 56.4 Å². The zero-order valence-corrected chi connectivity index (χ0v) is 19.4. The highest BCUT2D eigenvalue weighted by atomic mass is 32.2. The summed E-state index contributed by atoms with van der Waals surface area (Å²) in [6.45, 7) is 0.882. The Balaban J connectivity index is 1.25. The quantitative estimate of drug-likeness (QED) is 0.491. The molecule has 0 unspecified atom stereocenters. The third-order valence-corrected chi connectivity index (χ3v) is 6.81. The van der Waals surface area contributed by atoms with E-state index in [-0.39, 0.29) is 36.0 Å². The molecule has 7 nitrogen and oxygen atoms in total. The van der Waals surface area contributed by atoms with Crippen molar-refractivity contribution < 1.29 is 18.8 Å². The lowest BCUT2D eigenvalue weighted by Gasteiger charge is -2.16. The number of thioether (sulfide) groups is 1. The summed E-state index contributed by atoms with van der Waals surface area (Å²) in [6.07, 6.45) is 1.37. The van der Waals surface area contributed by atoms with Crippen molar-refractivity contribution in [2.45, 2.75) is 6.54 Å². The number of para-hydroxylation sites is 1. The van der Waals surface area contributed by atoms with Gasteiger partial charge in [-0.25, -0.2) is 9.37 Å². The molecule has 1 fully saturated rings. The van der Waals surface area contributed by atoms with Gasteiger partial charge in [0.15, 0.2) is 0 Å². The zero-order chi connectivity index (χ0) is 23.4. The van der Waals surface area contributed by atoms with Crippen molar-refractivity contribution in [2.75, 3.05) is 26.7 Å². The van der Waals surface area contributed by atoms with Crippen LogP contribution in [0.25, 0.3) is 16.3 Å². The van der Waals surface area contributed by atoms with E-state index in [4.69, 9.17) is 0 Å². The Hall–Kier alpha value is -3.08. The van der Waals surface area contributed by atoms with Gasteiger partial charge in [-0.05, 0) is 43.1 Å². The summed E-state index contributed by atoms with van der Waals surface area (Å²) >= 11 is 2.35. The van der Waals surface area contributed by atoms with Gasteiger partial charge in [0.25, 0.3) is 11.1 Å². The van der Waals surface area contributed by atoms with E-state index in [2.05, 4.69) is 10.3 Å². The molecule has 2 heterocycles. The number of carbonyl (C=O) groups excluding carboxylic acids is 3. The van der Waals surface area contributed by atoms with Gasteiger partial charge in [-0.2, -0.15) is 0 Å². The van der Waals surface area contributed by atoms with Crippen LogP contribution in [0.2, 0.25) is 0 Å². The Morgan fingerprint density at radius 2 is 1.94 bits per heavy atom. The topological polar surface area (TPSA) is 82.6 Å². The monoisotopic (exact) mass is 484 g/mol. The standard InChI is InChI=1S/C23H21FN4O3S2/c1-27(14-21-26-17-8-4-5-9-18(17)32-21)13-20(29)25-10-11-28-22(30)19(33-23(28)31)12-15-6-2-3-7-16(15)24/h2-9,12H,10-11,13-14H2,1H3,(H,25,29)/b19-12-. The summed E-state index contributed by atoms with van der Waals surface area (Å²) < 4.78 is 14.9. The maximum absolute atomic E-state index is 13.8. The second kappa shape index (κ2) is 10.2. The molecule has 0 atom stereocenters. The minimum atomic E-state index is -0.490. The van der Waals surface area contributed by atoms with Crippen molar-refractivity contribution in [3.05, 3.63) is 69.8 Å². The lowest BCUT2D eigenvalue weighted by atomic mass is 10.2. The normalized spacial score (nSPS) is 15.2. The number of imide groups is 1. The SMILES string of the molecule is CN(CC(=O)NCCN1C(=O)S/C(=C\c2ccccc2F)C1=O)Cc1nc2ccccc2s1. The van der Waals surface area contributed by atoms with Crippen molar-refractivity contribution in [1.82, 2.24) is 20.1 Å². The first kappa shape index (κ1) is 23.1. The average Bonchev–Trinajstić information content (AvgIpc) is 3.30. The molecule has 0 aliphatic carbocycles. The molecule has 10 heteroatoms. The molecule has 1 aliphatic heterocycles. The molecular formula is C23H21FN4O3S2. The highest BCUT2D eigenvalue weighted by molar-refractivity contribution is 8.18. The molecule has 0 bridgehead atoms. The smallest absolute Gasteiger partial charge is 0.293 e. The number of thiazole rings is 1. The summed E-state index contributed by atoms with van der Waals surface area (Å²) in [7, 11) is 1.83. The number of aromatic nitrogens is 1. The van der Waals surface area contributed by atoms with Crippen LogP contribution in [0.3, 0.4) is 0 Å². The second-order valence-electron chi connectivity index (χ2n) is 7.45. The summed E-state index contributed by atoms with van der Waals surface area (Å²) in [6, 6.07) is 13.9. The van der Waals surface area contributed by atoms with Gasteiger partial charge in [-0.1, -0.05) is 30.3 Å². The average molecular weight is 485 g/mol. The fourth-order valence-corrected chi connectivity index (χ4v) is 5.21. The number of carbonyl (C=O) groups is 3. The number of rotatable bonds is 8. The number of hydrogen-bond acceptors (Lipinski definition) is 7. The molecule has 0 radical (unpaired) electrons. The van der Waals surface area contributed by atoms with Gasteiger partial charge in [0.2, 0.25) is 5.91 Å². The lowest BCUT2D eigenvalue weighted by Crippen LogP contribution is -2.40. The summed E-state index contributed by atoms with van der Waals surface area (Å²) in [5.41, 5.74) is 1.18. The van der Waals surface area contributed by atoms with Crippen molar-refractivity contribution in [3.63, 3.8) is 0 Å². The van der Waals surface area contributed by atoms with E-state index in [1.165, 1.54) is 18.2 Å². The first-order chi connectivity index (χ1) is 15.9. The summed E-state index contributed by atoms with van der Waals surface area (Å²) in [4.78, 5) is 44.7. The molecule has 4 rings (SSSR count). The van der Waals surface area contributed by atoms with Crippen LogP contribution in [0.5, 0.6) is 0 Å². The molecule has 1 N–H and O–H groups in total. The second-order valence-corrected chi connectivity index (χ2v) is 9.56. The number of halogens is 1. The third-order valence-electron chi connectivity index (χ3n) is 4.88. The molecule has 1 aromatic heterocycles. The van der Waals surface area contributed by atoms with Crippen LogP contribution in [0.4, 0.5) is 9.18 Å². The zero-order valence-electron chi connectivity index (χ0n) is 17.8. The van der Waals surface area contributed by atoms with Gasteiger partial charge >= 0.3 is 0 Å². The highest BCUT2D eigenvalue weighted by Gasteiger charge is 2.34. The fourth-order valence-electron chi connectivity index (χ4n) is 3.31. The van der Waals surface area contributed by atoms with Gasteiger partial charge in [-0.3, -0.25) is 24.2 Å². The van der Waals surface area contributed by atoms with E-state index >= 15 is 0 Å². The molecule has 0 saturated carbocycles. The largest absolute Gasteiger partial charge is 0.353 e. The van der Waals surface area contributed by atoms with Crippen LogP contribution in [0.15, 0.2) is 53.4 Å². The van der Waals surface area contributed by atoms with Crippen molar-refractivity contribution in [2.24, 2.45) is 0 Å². The minimum absolute atomic E-state index is 0.0482. The number of likely N-dealkylation sites (N-methyl/N-ethyl adjacent to an activating group) is 1. The van der Waals surface area contributed by atoms with Gasteiger partial charge in [0.05, 0.1) is 28.2 Å². The van der Waals surface area contributed by atoms with E-state index in [9.17, 15) is 18.8 Å². The molecule has 1 aliphatic rings. The van der Waals surface area contributed by atoms with Crippen LogP contribution in [0, 0.1) is 5.82 Å². The van der Waals surface area contributed by atoms with E-state index < -0.39 is 17.0 Å². The first-order valence-electron chi connectivity index (χ1n) is 10.2. The first-order valence-corrected chi connectivity index (χ1v) is 11.8. The van der Waals surface area contributed by atoms with Crippen LogP contribution < -0.4 is 5.32 Å². The molecule has 2 aromatic carbocycles. The molecule has 0 spiro atoms. The van der Waals surface area contributed by atoms with Gasteiger partial charge < -0.3 is 5.32 Å². The van der Waals surface area contributed by atoms with Crippen LogP contribution in [0.1, 0.15) is 10.6 Å². The molecule has 1 saturated heterocycles. The molecule has 170 valence electrons. The Bertz CT molecular complexity index is 1210. The molecule has 3 amide bonds. The van der Waals surface area contributed by atoms with Crippen LogP contribution in [-0.4, -0.2) is 58.5 Å². The Kier molecular flexibility index (Phi) is 7.17. The number of hydrogen-bond donors (Lipinski definition) is 1. The fraction of sp³-hybridized carbons (Fsp3) is 0.217. The minimum Gasteiger partial charge on any atom is -0.353 e. The Morgan fingerprint density at radius 1 is 1.18 bits per heavy atom. The Labute approximate surface area is 198 Å². The molecular weight excluding hydrogens is 463 g/mol. The van der Waals surface area contributed by atoms with E-state index in [1.54, 1.807) is 23.5 Å². The van der Waals surface area contributed by atoms with Crippen LogP contribution in [-0.2, 0) is 16.1 Å². The van der Waals surface area contributed by atoms with Crippen LogP contribution >= 0.6 is 23.1 Å². The number of nitrogens with zero attached hydrogens (tertiary/aromatic N) is 3. The highest BCUT2D eigenvalue weighted by Crippen LogP contribution is 2.32. The maximum Gasteiger partial charge on any atom is 0.293 e. The van der Waals surface area contributed by atoms with Crippen molar-refractivity contribution in [1.29, 1.82) is 0 Å². The number of benzene rings is 2. The maximum atomic E-state index is 13.8. The summed E-state index contributed by atoms with van der Waals surface area (Å²) in [5.74, 6) is -1.17. The van der Waals surface area contributed by atoms with Gasteiger partial charge in [-0.15, -0.1) is 11.3 Å². The Morgan fingerprint density at radius 3 is 2.73 bits per heavy atom. The van der Waals surface area contributed by atoms with E-state index in [1.807, 2.05) is 36.2 Å². The van der Waals surface area contributed by atoms with Gasteiger partial charge in [0.1, 0.15) is 10.8 Å². The lowest BCUT2D eigenvalue weighted by molar-refractivity contribution is -0.124. The van der Waals surface area contributed by atoms with E-state index in [0.717, 1.165) is 31.9 Å². The number of amides is 3. The van der Waals surface area contributed by atoms with Gasteiger partial charge in [0, 0.05) is 18.7 Å². The molecule has 33 heavy (non-hydrogen) atoms. The summed E-state index contributed by atoms with van der Waals surface area (Å²) in [5, 5.41) is 3.22. The van der Waals surface area contributed by atoms with E-state index in [0.29, 0.717) is 6.54 Å². The number of fused-ring (bicyclic) bond motifs is 1. The third kappa shape index (κ3) is 5.65. The number of nitrogens with one attached hydrogen (secondary N) is 1. The van der Waals surface area contributed by atoms with Crippen molar-refractivity contribution in [3.8, 4) is 0 Å². The molecule has 3 aromatic rings. The predicted molar refractivity (Wildman–Crippen MR) is 128 cm³/mol. The predicted octanol–water partition coefficient (Wildman–Crippen LogP) is 3.72.